The number of phenols is 1. The van der Waals surface area contributed by atoms with Crippen molar-refractivity contribution in [1.29, 1.82) is 0 Å². The molecule has 0 radical (unpaired) electrons. The summed E-state index contributed by atoms with van der Waals surface area (Å²) in [4.78, 5) is 0. The van der Waals surface area contributed by atoms with Crippen LogP contribution in [0.1, 0.15) is 36.5 Å². The zero-order chi connectivity index (χ0) is 12.1. The quantitative estimate of drug-likeness (QED) is 0.833. The molecule has 0 spiro atoms. The van der Waals surface area contributed by atoms with E-state index >= 15 is 0 Å². The van der Waals surface area contributed by atoms with E-state index < -0.39 is 0 Å². The predicted molar refractivity (Wildman–Crippen MR) is 67.2 cm³/mol. The standard InChI is InChI=1S/C13H18ClNO/c1-7-6-10(16)12(14)8(2)11(7)13(4-5-13)9(3)15/h6,9,16H,4-5,15H2,1-3H3. The Kier molecular flexibility index (Phi) is 2.67. The molecule has 1 unspecified atom stereocenters. The Balaban J connectivity index is 2.62. The van der Waals surface area contributed by atoms with Crippen molar-refractivity contribution in [2.45, 2.75) is 45.1 Å². The lowest BCUT2D eigenvalue weighted by atomic mass is 9.83. The first-order valence-electron chi connectivity index (χ1n) is 5.65. The number of phenolic OH excluding ortho intramolecular Hbond substituents is 1. The summed E-state index contributed by atoms with van der Waals surface area (Å²) in [6, 6.07) is 1.87. The van der Waals surface area contributed by atoms with Gasteiger partial charge < -0.3 is 10.8 Å². The maximum atomic E-state index is 9.67. The molecule has 0 aromatic heterocycles. The van der Waals surface area contributed by atoms with Crippen LogP contribution >= 0.6 is 11.6 Å². The van der Waals surface area contributed by atoms with E-state index in [-0.39, 0.29) is 17.2 Å². The number of halogens is 1. The fourth-order valence-corrected chi connectivity index (χ4v) is 2.92. The third-order valence-corrected chi connectivity index (χ3v) is 4.31. The smallest absolute Gasteiger partial charge is 0.134 e. The lowest BCUT2D eigenvalue weighted by Gasteiger charge is -2.25. The van der Waals surface area contributed by atoms with Gasteiger partial charge in [-0.25, -0.2) is 0 Å². The molecule has 3 N–H and O–H groups in total. The maximum absolute atomic E-state index is 9.67. The van der Waals surface area contributed by atoms with Gasteiger partial charge in [0.2, 0.25) is 0 Å². The zero-order valence-electron chi connectivity index (χ0n) is 9.97. The van der Waals surface area contributed by atoms with Gasteiger partial charge in [0.1, 0.15) is 5.75 Å². The minimum absolute atomic E-state index is 0.0888. The highest BCUT2D eigenvalue weighted by atomic mass is 35.5. The number of aromatic hydroxyl groups is 1. The molecule has 1 atom stereocenters. The Bertz CT molecular complexity index is 436. The van der Waals surface area contributed by atoms with Crippen molar-refractivity contribution in [2.24, 2.45) is 5.73 Å². The van der Waals surface area contributed by atoms with Crippen molar-refractivity contribution >= 4 is 11.6 Å². The van der Waals surface area contributed by atoms with Gasteiger partial charge in [0.05, 0.1) is 5.02 Å². The van der Waals surface area contributed by atoms with Crippen LogP contribution in [0.25, 0.3) is 0 Å². The molecule has 1 aliphatic carbocycles. The van der Waals surface area contributed by atoms with Crippen molar-refractivity contribution in [1.82, 2.24) is 0 Å². The summed E-state index contributed by atoms with van der Waals surface area (Å²) < 4.78 is 0. The predicted octanol–water partition coefficient (Wildman–Crippen LogP) is 3.04. The minimum Gasteiger partial charge on any atom is -0.506 e. The first kappa shape index (κ1) is 11.7. The van der Waals surface area contributed by atoms with Gasteiger partial charge in [-0.3, -0.25) is 0 Å². The van der Waals surface area contributed by atoms with Gasteiger partial charge in [0, 0.05) is 11.5 Å². The van der Waals surface area contributed by atoms with E-state index in [1.165, 1.54) is 5.56 Å². The van der Waals surface area contributed by atoms with Crippen molar-refractivity contribution in [3.63, 3.8) is 0 Å². The third kappa shape index (κ3) is 1.52. The first-order valence-corrected chi connectivity index (χ1v) is 6.02. The summed E-state index contributed by atoms with van der Waals surface area (Å²) in [5.41, 5.74) is 9.49. The molecular formula is C13H18ClNO. The van der Waals surface area contributed by atoms with Crippen LogP contribution in [0, 0.1) is 13.8 Å². The Hall–Kier alpha value is -0.730. The summed E-state index contributed by atoms with van der Waals surface area (Å²) in [5.74, 6) is 0.167. The maximum Gasteiger partial charge on any atom is 0.134 e. The van der Waals surface area contributed by atoms with Crippen molar-refractivity contribution in [3.05, 3.63) is 27.8 Å². The van der Waals surface area contributed by atoms with E-state index in [2.05, 4.69) is 0 Å². The molecule has 1 aromatic rings. The van der Waals surface area contributed by atoms with E-state index in [1.54, 1.807) is 6.07 Å². The second-order valence-corrected chi connectivity index (χ2v) is 5.35. The van der Waals surface area contributed by atoms with E-state index in [9.17, 15) is 5.11 Å². The molecule has 1 saturated carbocycles. The highest BCUT2D eigenvalue weighted by Crippen LogP contribution is 2.54. The van der Waals surface area contributed by atoms with Gasteiger partial charge in [0.25, 0.3) is 0 Å². The molecule has 0 amide bonds. The van der Waals surface area contributed by atoms with Gasteiger partial charge in [-0.05, 0) is 56.4 Å². The molecule has 0 heterocycles. The molecule has 0 bridgehead atoms. The van der Waals surface area contributed by atoms with Crippen molar-refractivity contribution < 1.29 is 5.11 Å². The molecule has 1 aliphatic rings. The highest BCUT2D eigenvalue weighted by Gasteiger charge is 2.49. The fourth-order valence-electron chi connectivity index (χ4n) is 2.77. The van der Waals surface area contributed by atoms with Crippen molar-refractivity contribution in [2.75, 3.05) is 0 Å². The van der Waals surface area contributed by atoms with E-state index in [0.29, 0.717) is 5.02 Å². The molecule has 16 heavy (non-hydrogen) atoms. The lowest BCUT2D eigenvalue weighted by Crippen LogP contribution is -2.32. The minimum atomic E-state index is 0.0888. The molecule has 1 fully saturated rings. The largest absolute Gasteiger partial charge is 0.506 e. The fraction of sp³-hybridized carbons (Fsp3) is 0.538. The van der Waals surface area contributed by atoms with Gasteiger partial charge in [-0.1, -0.05) is 11.6 Å². The average molecular weight is 240 g/mol. The SMILES string of the molecule is Cc1cc(O)c(Cl)c(C)c1C1(C(C)N)CC1. The molecule has 0 saturated heterocycles. The number of nitrogens with two attached hydrogens (primary N) is 1. The van der Waals surface area contributed by atoms with Crippen molar-refractivity contribution in [3.8, 4) is 5.75 Å². The highest BCUT2D eigenvalue weighted by molar-refractivity contribution is 6.32. The third-order valence-electron chi connectivity index (χ3n) is 3.83. The molecule has 0 aliphatic heterocycles. The van der Waals surface area contributed by atoms with E-state index in [1.807, 2.05) is 20.8 Å². The first-order chi connectivity index (χ1) is 7.40. The Morgan fingerprint density at radius 1 is 1.44 bits per heavy atom. The molecule has 1 aromatic carbocycles. The molecular weight excluding hydrogens is 222 g/mol. The normalized spacial score (nSPS) is 19.6. The zero-order valence-corrected chi connectivity index (χ0v) is 10.7. The topological polar surface area (TPSA) is 46.2 Å². The van der Waals surface area contributed by atoms with Gasteiger partial charge in [-0.15, -0.1) is 0 Å². The molecule has 2 rings (SSSR count). The second-order valence-electron chi connectivity index (χ2n) is 4.97. The molecule has 88 valence electrons. The number of hydrogen-bond acceptors (Lipinski definition) is 2. The van der Waals surface area contributed by atoms with Crippen LogP contribution in [-0.4, -0.2) is 11.1 Å². The van der Waals surface area contributed by atoms with Crippen LogP contribution in [0.3, 0.4) is 0 Å². The Labute approximate surface area is 101 Å². The van der Waals surface area contributed by atoms with Crippen LogP contribution in [0.15, 0.2) is 6.07 Å². The van der Waals surface area contributed by atoms with Crippen LogP contribution < -0.4 is 5.73 Å². The summed E-state index contributed by atoms with van der Waals surface area (Å²) in [6.07, 6.45) is 2.24. The van der Waals surface area contributed by atoms with E-state index in [4.69, 9.17) is 17.3 Å². The monoisotopic (exact) mass is 239 g/mol. The number of benzene rings is 1. The number of aryl methyl sites for hydroxylation is 1. The van der Waals surface area contributed by atoms with Gasteiger partial charge >= 0.3 is 0 Å². The number of rotatable bonds is 2. The van der Waals surface area contributed by atoms with Crippen LogP contribution in [0.4, 0.5) is 0 Å². The second kappa shape index (κ2) is 3.64. The van der Waals surface area contributed by atoms with Gasteiger partial charge in [0.15, 0.2) is 0 Å². The summed E-state index contributed by atoms with van der Waals surface area (Å²) in [7, 11) is 0. The summed E-state index contributed by atoms with van der Waals surface area (Å²) in [6.45, 7) is 6.03. The summed E-state index contributed by atoms with van der Waals surface area (Å²) in [5, 5.41) is 10.1. The van der Waals surface area contributed by atoms with Crippen LogP contribution in [-0.2, 0) is 5.41 Å². The number of hydrogen-bond donors (Lipinski definition) is 2. The molecule has 2 nitrogen and oxygen atoms in total. The van der Waals surface area contributed by atoms with Crippen LogP contribution in [0.5, 0.6) is 5.75 Å². The van der Waals surface area contributed by atoms with Crippen LogP contribution in [0.2, 0.25) is 5.02 Å². The molecule has 3 heteroatoms. The Morgan fingerprint density at radius 2 is 2.00 bits per heavy atom. The summed E-state index contributed by atoms with van der Waals surface area (Å²) >= 11 is 6.10. The average Bonchev–Trinajstić information content (AvgIpc) is 2.96. The van der Waals surface area contributed by atoms with E-state index in [0.717, 1.165) is 24.0 Å². The van der Waals surface area contributed by atoms with Gasteiger partial charge in [-0.2, -0.15) is 0 Å². The lowest BCUT2D eigenvalue weighted by molar-refractivity contribution is 0.472. The Morgan fingerprint density at radius 3 is 2.44 bits per heavy atom.